The van der Waals surface area contributed by atoms with Crippen molar-refractivity contribution in [1.29, 1.82) is 0 Å². The maximum Gasteiger partial charge on any atom is 0.102 e. The minimum Gasteiger partial charge on any atom is -0.298 e. The van der Waals surface area contributed by atoms with Gasteiger partial charge in [0.2, 0.25) is 0 Å². The van der Waals surface area contributed by atoms with E-state index in [1.54, 1.807) is 0 Å². The van der Waals surface area contributed by atoms with Crippen molar-refractivity contribution in [3.8, 4) is 0 Å². The van der Waals surface area contributed by atoms with Gasteiger partial charge in [-0.25, -0.2) is 5.11 Å². The third-order valence-corrected chi connectivity index (χ3v) is 0.249. The average molecular weight is 72.1 g/mol. The molecule has 0 saturated heterocycles. The van der Waals surface area contributed by atoms with Crippen LogP contribution in [0.25, 0.3) is 0 Å². The summed E-state index contributed by atoms with van der Waals surface area (Å²) in [7, 11) is 0. The van der Waals surface area contributed by atoms with E-state index in [0.29, 0.717) is 6.54 Å². The largest absolute Gasteiger partial charge is 0.298 e. The lowest BCUT2D eigenvalue weighted by atomic mass is 10.7. The minimum atomic E-state index is -0.135. The first kappa shape index (κ1) is 4.63. The van der Waals surface area contributed by atoms with Gasteiger partial charge in [-0.2, -0.15) is 0 Å². The maximum atomic E-state index is 9.40. The van der Waals surface area contributed by atoms with Crippen LogP contribution in [0.2, 0.25) is 0 Å². The Hall–Kier alpha value is -0.370. The van der Waals surface area contributed by atoms with Crippen LogP contribution in [0.15, 0.2) is 4.99 Å². The van der Waals surface area contributed by atoms with Crippen molar-refractivity contribution in [3.63, 3.8) is 0 Å². The normalized spacial score (nSPS) is 7.40. The van der Waals surface area contributed by atoms with Crippen LogP contribution >= 0.6 is 0 Å². The molecular weight excluding hydrogens is 66.0 g/mol. The fraction of sp³-hybridized carbons (Fsp3) is 0.667. The van der Waals surface area contributed by atoms with E-state index in [-0.39, 0.29) is 6.61 Å². The number of hydrogen-bond donors (Lipinski definition) is 0. The molecule has 0 aromatic carbocycles. The van der Waals surface area contributed by atoms with Gasteiger partial charge in [-0.15, -0.1) is 0 Å². The van der Waals surface area contributed by atoms with Gasteiger partial charge < -0.3 is 0 Å². The summed E-state index contributed by atoms with van der Waals surface area (Å²) in [5.74, 6) is 0. The van der Waals surface area contributed by atoms with Crippen molar-refractivity contribution in [2.24, 2.45) is 4.99 Å². The molecule has 29 valence electrons. The zero-order valence-corrected chi connectivity index (χ0v) is 2.98. The quantitative estimate of drug-likeness (QED) is 0.415. The molecule has 0 aliphatic heterocycles. The van der Waals surface area contributed by atoms with Gasteiger partial charge >= 0.3 is 0 Å². The molecule has 0 unspecified atom stereocenters. The van der Waals surface area contributed by atoms with E-state index in [4.69, 9.17) is 0 Å². The Morgan fingerprint density at radius 3 is 2.40 bits per heavy atom. The zero-order chi connectivity index (χ0) is 4.12. The van der Waals surface area contributed by atoms with Crippen molar-refractivity contribution < 1.29 is 5.11 Å². The highest BCUT2D eigenvalue weighted by atomic mass is 16.3. The monoisotopic (exact) mass is 72.0 g/mol. The highest BCUT2D eigenvalue weighted by molar-refractivity contribution is 5.22. The molecule has 0 heterocycles. The van der Waals surface area contributed by atoms with E-state index in [1.807, 2.05) is 0 Å². The molecule has 0 aromatic rings. The molecule has 0 bridgehead atoms. The van der Waals surface area contributed by atoms with Crippen LogP contribution in [-0.4, -0.2) is 19.9 Å². The van der Waals surface area contributed by atoms with E-state index < -0.39 is 0 Å². The molecule has 0 atom stereocenters. The second-order valence-electron chi connectivity index (χ2n) is 0.651. The molecule has 0 aliphatic carbocycles. The summed E-state index contributed by atoms with van der Waals surface area (Å²) in [6.07, 6.45) is 0. The molecule has 0 N–H and O–H groups in total. The summed E-state index contributed by atoms with van der Waals surface area (Å²) in [6.45, 7) is 3.31. The van der Waals surface area contributed by atoms with Crippen molar-refractivity contribution in [2.45, 2.75) is 0 Å². The van der Waals surface area contributed by atoms with Gasteiger partial charge in [0.1, 0.15) is 6.61 Å². The molecule has 0 aromatic heterocycles. The van der Waals surface area contributed by atoms with Crippen LogP contribution in [-0.2, 0) is 5.11 Å². The van der Waals surface area contributed by atoms with E-state index in [9.17, 15) is 5.11 Å². The Kier molecular flexibility index (Phi) is 3.36. The summed E-state index contributed by atoms with van der Waals surface area (Å²) >= 11 is 0. The van der Waals surface area contributed by atoms with Crippen LogP contribution in [0.5, 0.6) is 0 Å². The lowest BCUT2D eigenvalue weighted by Crippen LogP contribution is -1.80. The van der Waals surface area contributed by atoms with Crippen molar-refractivity contribution in [1.82, 2.24) is 0 Å². The van der Waals surface area contributed by atoms with E-state index in [2.05, 4.69) is 11.7 Å². The van der Waals surface area contributed by atoms with Gasteiger partial charge in [0.25, 0.3) is 0 Å². The molecule has 2 heteroatoms. The first-order chi connectivity index (χ1) is 2.41. The molecule has 5 heavy (non-hydrogen) atoms. The van der Waals surface area contributed by atoms with Crippen LogP contribution in [0.3, 0.4) is 0 Å². The Morgan fingerprint density at radius 1 is 1.80 bits per heavy atom. The van der Waals surface area contributed by atoms with Crippen LogP contribution in [0.4, 0.5) is 0 Å². The Morgan fingerprint density at radius 2 is 2.40 bits per heavy atom. The SMILES string of the molecule is C=NCC[O]. The summed E-state index contributed by atoms with van der Waals surface area (Å²) in [5.41, 5.74) is 0. The highest BCUT2D eigenvalue weighted by Crippen LogP contribution is 1.56. The molecular formula is C3H6NO. The third kappa shape index (κ3) is 3.63. The zero-order valence-electron chi connectivity index (χ0n) is 2.98. The Bertz CT molecular complexity index is 28.1. The molecule has 0 aliphatic rings. The smallest absolute Gasteiger partial charge is 0.102 e. The van der Waals surface area contributed by atoms with Crippen molar-refractivity contribution in [2.75, 3.05) is 13.2 Å². The number of hydrogen-bond acceptors (Lipinski definition) is 1. The molecule has 0 rings (SSSR count). The summed E-state index contributed by atoms with van der Waals surface area (Å²) in [5, 5.41) is 9.40. The number of nitrogens with zero attached hydrogens (tertiary/aromatic N) is 1. The van der Waals surface area contributed by atoms with Gasteiger partial charge in [0, 0.05) is 0 Å². The summed E-state index contributed by atoms with van der Waals surface area (Å²) in [6, 6.07) is 0. The molecule has 0 fully saturated rings. The lowest BCUT2D eigenvalue weighted by Gasteiger charge is -1.71. The molecule has 0 saturated carbocycles. The van der Waals surface area contributed by atoms with Gasteiger partial charge in [0.15, 0.2) is 0 Å². The highest BCUT2D eigenvalue weighted by Gasteiger charge is 1.65. The van der Waals surface area contributed by atoms with E-state index >= 15 is 0 Å². The first-order valence-electron chi connectivity index (χ1n) is 1.42. The fourth-order valence-corrected chi connectivity index (χ4v) is 0.0645. The van der Waals surface area contributed by atoms with Gasteiger partial charge in [-0.3, -0.25) is 4.99 Å². The second kappa shape index (κ2) is 3.63. The predicted molar refractivity (Wildman–Crippen MR) is 20.0 cm³/mol. The van der Waals surface area contributed by atoms with Crippen LogP contribution < -0.4 is 0 Å². The van der Waals surface area contributed by atoms with Gasteiger partial charge in [-0.1, -0.05) is 0 Å². The van der Waals surface area contributed by atoms with Crippen molar-refractivity contribution >= 4 is 6.72 Å². The number of rotatable bonds is 2. The standard InChI is InChI=1S/C3H6NO/c1-4-2-3-5/h1-3H2. The third-order valence-electron chi connectivity index (χ3n) is 0.249. The van der Waals surface area contributed by atoms with E-state index in [1.165, 1.54) is 0 Å². The van der Waals surface area contributed by atoms with Gasteiger partial charge in [0.05, 0.1) is 6.54 Å². The summed E-state index contributed by atoms with van der Waals surface area (Å²) < 4.78 is 0. The molecule has 1 radical (unpaired) electrons. The predicted octanol–water partition coefficient (Wildman–Crippen LogP) is 0.118. The fourth-order valence-electron chi connectivity index (χ4n) is 0.0645. The lowest BCUT2D eigenvalue weighted by molar-refractivity contribution is 0.203. The maximum absolute atomic E-state index is 9.40. The number of aliphatic imine (C=N–C) groups is 1. The van der Waals surface area contributed by atoms with E-state index in [0.717, 1.165) is 0 Å². The van der Waals surface area contributed by atoms with Crippen LogP contribution in [0.1, 0.15) is 0 Å². The first-order valence-corrected chi connectivity index (χ1v) is 1.42. The van der Waals surface area contributed by atoms with Crippen LogP contribution in [0, 0.1) is 0 Å². The van der Waals surface area contributed by atoms with Gasteiger partial charge in [-0.05, 0) is 6.72 Å². The minimum absolute atomic E-state index is 0.135. The molecule has 2 nitrogen and oxygen atoms in total. The Labute approximate surface area is 31.2 Å². The summed E-state index contributed by atoms with van der Waals surface area (Å²) in [4.78, 5) is 3.29. The average Bonchev–Trinajstić information content (AvgIpc) is 1.41. The molecule has 0 amide bonds. The molecule has 0 spiro atoms. The van der Waals surface area contributed by atoms with Crippen molar-refractivity contribution in [3.05, 3.63) is 0 Å². The Balaban J connectivity index is 2.40. The topological polar surface area (TPSA) is 32.3 Å². The second-order valence-corrected chi connectivity index (χ2v) is 0.651.